The van der Waals surface area contributed by atoms with Gasteiger partial charge in [-0.25, -0.2) is 0 Å². The van der Waals surface area contributed by atoms with Gasteiger partial charge in [0.2, 0.25) is 0 Å². The number of aromatic nitrogens is 2. The lowest BCUT2D eigenvalue weighted by atomic mass is 10.0. The normalized spacial score (nSPS) is 14.5. The molecule has 3 heterocycles. The van der Waals surface area contributed by atoms with Crippen molar-refractivity contribution < 1.29 is 9.21 Å². The lowest BCUT2D eigenvalue weighted by Gasteiger charge is -2.26. The molecule has 0 atom stereocenters. The third-order valence-electron chi connectivity index (χ3n) is 5.66. The van der Waals surface area contributed by atoms with Crippen LogP contribution >= 0.6 is 11.6 Å². The fraction of sp³-hybridized carbons (Fsp3) is 0.417. The highest BCUT2D eigenvalue weighted by atomic mass is 35.5. The summed E-state index contributed by atoms with van der Waals surface area (Å²) in [5, 5.41) is 4.98. The van der Waals surface area contributed by atoms with Gasteiger partial charge in [-0.1, -0.05) is 31.5 Å². The van der Waals surface area contributed by atoms with Crippen molar-refractivity contribution in [3.05, 3.63) is 53.4 Å². The predicted octanol–water partition coefficient (Wildman–Crippen LogP) is 6.14. The van der Waals surface area contributed by atoms with Crippen LogP contribution in [-0.4, -0.2) is 33.7 Å². The van der Waals surface area contributed by atoms with E-state index in [1.54, 1.807) is 18.5 Å². The maximum absolute atomic E-state index is 12.7. The third kappa shape index (κ3) is 4.46. The van der Waals surface area contributed by atoms with Gasteiger partial charge in [-0.3, -0.25) is 9.48 Å². The standard InChI is InChI=1S/C24H28ClN3O2/c1-17(2)9-13-28-22(8-10-26-28)23-15-19(16-30-23)20-7-6-18(14-21(20)25)24(29)27-11-4-3-5-12-27/h6-8,10,14-17H,3-5,9,11-13H2,1-2H3. The lowest BCUT2D eigenvalue weighted by Crippen LogP contribution is -2.35. The Bertz CT molecular complexity index is 1020. The van der Waals surface area contributed by atoms with Gasteiger partial charge in [0, 0.05) is 47.5 Å². The summed E-state index contributed by atoms with van der Waals surface area (Å²) in [4.78, 5) is 14.7. The summed E-state index contributed by atoms with van der Waals surface area (Å²) in [6.07, 6.45) is 7.91. The summed E-state index contributed by atoms with van der Waals surface area (Å²) in [6.45, 7) is 6.91. The zero-order valence-electron chi connectivity index (χ0n) is 17.6. The minimum atomic E-state index is 0.0603. The van der Waals surface area contributed by atoms with Crippen molar-refractivity contribution in [1.29, 1.82) is 0 Å². The Balaban J connectivity index is 1.54. The fourth-order valence-electron chi connectivity index (χ4n) is 3.87. The van der Waals surface area contributed by atoms with E-state index in [2.05, 4.69) is 18.9 Å². The Morgan fingerprint density at radius 2 is 1.97 bits per heavy atom. The number of likely N-dealkylation sites (tertiary alicyclic amines) is 1. The van der Waals surface area contributed by atoms with Crippen LogP contribution < -0.4 is 0 Å². The molecule has 1 aromatic carbocycles. The van der Waals surface area contributed by atoms with Crippen molar-refractivity contribution in [2.75, 3.05) is 13.1 Å². The highest BCUT2D eigenvalue weighted by Crippen LogP contribution is 2.33. The van der Waals surface area contributed by atoms with Crippen molar-refractivity contribution in [3.63, 3.8) is 0 Å². The van der Waals surface area contributed by atoms with Crippen LogP contribution in [0.2, 0.25) is 5.02 Å². The molecule has 30 heavy (non-hydrogen) atoms. The second kappa shape index (κ2) is 9.09. The zero-order chi connectivity index (χ0) is 21.1. The lowest BCUT2D eigenvalue weighted by molar-refractivity contribution is 0.0724. The largest absolute Gasteiger partial charge is 0.462 e. The summed E-state index contributed by atoms with van der Waals surface area (Å²) in [5.74, 6) is 1.43. The molecule has 1 fully saturated rings. The molecule has 0 unspecified atom stereocenters. The highest BCUT2D eigenvalue weighted by Gasteiger charge is 2.20. The molecule has 0 aliphatic carbocycles. The molecule has 1 amide bonds. The molecule has 4 rings (SSSR count). The number of piperidine rings is 1. The molecular formula is C24H28ClN3O2. The SMILES string of the molecule is CC(C)CCn1nccc1-c1cc(-c2ccc(C(=O)N3CCCCC3)cc2Cl)co1. The molecule has 3 aromatic rings. The number of rotatable bonds is 6. The molecule has 1 saturated heterocycles. The minimum absolute atomic E-state index is 0.0603. The average Bonchev–Trinajstić information content (AvgIpc) is 3.41. The molecule has 0 radical (unpaired) electrons. The second-order valence-corrected chi connectivity index (χ2v) is 8.78. The molecule has 1 aliphatic heterocycles. The van der Waals surface area contributed by atoms with E-state index in [0.717, 1.165) is 61.5 Å². The first-order valence-electron chi connectivity index (χ1n) is 10.7. The Labute approximate surface area is 182 Å². The Hall–Kier alpha value is -2.53. The number of furan rings is 1. The summed E-state index contributed by atoms with van der Waals surface area (Å²) >= 11 is 6.57. The minimum Gasteiger partial charge on any atom is -0.462 e. The first kappa shape index (κ1) is 20.7. The summed E-state index contributed by atoms with van der Waals surface area (Å²) in [6, 6.07) is 9.48. The van der Waals surface area contributed by atoms with Gasteiger partial charge < -0.3 is 9.32 Å². The van der Waals surface area contributed by atoms with E-state index in [-0.39, 0.29) is 5.91 Å². The van der Waals surface area contributed by atoms with Crippen molar-refractivity contribution in [2.45, 2.75) is 46.1 Å². The third-order valence-corrected chi connectivity index (χ3v) is 5.97. The van der Waals surface area contributed by atoms with E-state index in [9.17, 15) is 4.79 Å². The summed E-state index contributed by atoms with van der Waals surface area (Å²) in [5.41, 5.74) is 3.34. The van der Waals surface area contributed by atoms with Gasteiger partial charge in [0.05, 0.1) is 6.26 Å². The van der Waals surface area contributed by atoms with Gasteiger partial charge in [0.25, 0.3) is 5.91 Å². The molecule has 5 nitrogen and oxygen atoms in total. The molecule has 0 N–H and O–H groups in total. The van der Waals surface area contributed by atoms with Crippen LogP contribution in [0, 0.1) is 5.92 Å². The Morgan fingerprint density at radius 1 is 1.17 bits per heavy atom. The van der Waals surface area contributed by atoms with Crippen LogP contribution in [0.3, 0.4) is 0 Å². The summed E-state index contributed by atoms with van der Waals surface area (Å²) < 4.78 is 7.82. The van der Waals surface area contributed by atoms with E-state index in [1.807, 2.05) is 33.8 Å². The zero-order valence-corrected chi connectivity index (χ0v) is 18.4. The smallest absolute Gasteiger partial charge is 0.253 e. The number of aryl methyl sites for hydroxylation is 1. The molecule has 0 saturated carbocycles. The topological polar surface area (TPSA) is 51.3 Å². The average molecular weight is 426 g/mol. The monoisotopic (exact) mass is 425 g/mol. The van der Waals surface area contributed by atoms with Crippen molar-refractivity contribution in [3.8, 4) is 22.6 Å². The van der Waals surface area contributed by atoms with E-state index in [1.165, 1.54) is 6.42 Å². The van der Waals surface area contributed by atoms with Gasteiger partial charge >= 0.3 is 0 Å². The Kier molecular flexibility index (Phi) is 6.28. The van der Waals surface area contributed by atoms with E-state index >= 15 is 0 Å². The van der Waals surface area contributed by atoms with Crippen LogP contribution in [-0.2, 0) is 6.54 Å². The number of hydrogen-bond donors (Lipinski definition) is 0. The molecule has 158 valence electrons. The fourth-order valence-corrected chi connectivity index (χ4v) is 4.16. The van der Waals surface area contributed by atoms with Crippen LogP contribution in [0.15, 0.2) is 47.2 Å². The number of carbonyl (C=O) groups is 1. The number of carbonyl (C=O) groups excluding carboxylic acids is 1. The molecule has 6 heteroatoms. The van der Waals surface area contributed by atoms with Gasteiger partial charge in [-0.05, 0) is 55.9 Å². The van der Waals surface area contributed by atoms with E-state index < -0.39 is 0 Å². The van der Waals surface area contributed by atoms with Gasteiger partial charge in [0.1, 0.15) is 5.69 Å². The number of hydrogen-bond acceptors (Lipinski definition) is 3. The van der Waals surface area contributed by atoms with Crippen molar-refractivity contribution in [2.24, 2.45) is 5.92 Å². The highest BCUT2D eigenvalue weighted by molar-refractivity contribution is 6.33. The quantitative estimate of drug-likeness (QED) is 0.476. The maximum atomic E-state index is 12.7. The second-order valence-electron chi connectivity index (χ2n) is 8.37. The van der Waals surface area contributed by atoms with Crippen LogP contribution in [0.1, 0.15) is 49.9 Å². The van der Waals surface area contributed by atoms with Gasteiger partial charge in [-0.15, -0.1) is 0 Å². The van der Waals surface area contributed by atoms with Crippen LogP contribution in [0.4, 0.5) is 0 Å². The van der Waals surface area contributed by atoms with Crippen molar-refractivity contribution in [1.82, 2.24) is 14.7 Å². The molecule has 0 spiro atoms. The van der Waals surface area contributed by atoms with E-state index in [4.69, 9.17) is 16.0 Å². The molecule has 2 aromatic heterocycles. The molecule has 1 aliphatic rings. The van der Waals surface area contributed by atoms with Gasteiger partial charge in [0.15, 0.2) is 5.76 Å². The van der Waals surface area contributed by atoms with Crippen LogP contribution in [0.5, 0.6) is 0 Å². The summed E-state index contributed by atoms with van der Waals surface area (Å²) in [7, 11) is 0. The van der Waals surface area contributed by atoms with Crippen LogP contribution in [0.25, 0.3) is 22.6 Å². The number of benzene rings is 1. The number of nitrogens with zero attached hydrogens (tertiary/aromatic N) is 3. The molecule has 0 bridgehead atoms. The first-order valence-corrected chi connectivity index (χ1v) is 11.1. The number of halogens is 1. The predicted molar refractivity (Wildman–Crippen MR) is 120 cm³/mol. The Morgan fingerprint density at radius 3 is 2.70 bits per heavy atom. The number of amides is 1. The van der Waals surface area contributed by atoms with Crippen molar-refractivity contribution >= 4 is 17.5 Å². The first-order chi connectivity index (χ1) is 14.5. The maximum Gasteiger partial charge on any atom is 0.253 e. The van der Waals surface area contributed by atoms with Gasteiger partial charge in [-0.2, -0.15) is 5.10 Å². The molecular weight excluding hydrogens is 398 g/mol. The van der Waals surface area contributed by atoms with E-state index in [0.29, 0.717) is 16.5 Å².